The summed E-state index contributed by atoms with van der Waals surface area (Å²) in [6.45, 7) is 3.72. The molecule has 0 amide bonds. The molecular weight excluding hydrogens is 270 g/mol. The van der Waals surface area contributed by atoms with Crippen LogP contribution in [0.3, 0.4) is 0 Å². The van der Waals surface area contributed by atoms with E-state index in [-0.39, 0.29) is 6.42 Å². The molecule has 7 nitrogen and oxygen atoms in total. The molecule has 0 atom stereocenters. The van der Waals surface area contributed by atoms with Crippen LogP contribution in [-0.4, -0.2) is 37.8 Å². The highest BCUT2D eigenvalue weighted by molar-refractivity contribution is 5.67. The smallest absolute Gasteiger partial charge is 0.305 e. The van der Waals surface area contributed by atoms with Crippen molar-refractivity contribution in [2.45, 2.75) is 32.9 Å². The van der Waals surface area contributed by atoms with Gasteiger partial charge < -0.3 is 10.0 Å². The summed E-state index contributed by atoms with van der Waals surface area (Å²) in [6, 6.07) is 9.70. The summed E-state index contributed by atoms with van der Waals surface area (Å²) >= 11 is 0. The number of carbonyl (C=O) groups is 1. The van der Waals surface area contributed by atoms with Gasteiger partial charge in [0.1, 0.15) is 0 Å². The van der Waals surface area contributed by atoms with Crippen LogP contribution < -0.4 is 4.90 Å². The van der Waals surface area contributed by atoms with Crippen molar-refractivity contribution in [2.75, 3.05) is 11.4 Å². The van der Waals surface area contributed by atoms with Crippen molar-refractivity contribution >= 4 is 11.7 Å². The van der Waals surface area contributed by atoms with Crippen molar-refractivity contribution in [1.29, 1.82) is 0 Å². The molecule has 1 N–H and O–H groups in total. The molecule has 0 radical (unpaired) electrons. The van der Waals surface area contributed by atoms with Gasteiger partial charge in [0.2, 0.25) is 0 Å². The van der Waals surface area contributed by atoms with Gasteiger partial charge in [-0.15, -0.1) is 5.10 Å². The third kappa shape index (κ3) is 4.27. The Balaban J connectivity index is 2.15. The number of benzene rings is 1. The van der Waals surface area contributed by atoms with E-state index < -0.39 is 5.97 Å². The molecule has 1 aromatic heterocycles. The molecule has 21 heavy (non-hydrogen) atoms. The second-order valence-electron chi connectivity index (χ2n) is 4.72. The van der Waals surface area contributed by atoms with E-state index in [4.69, 9.17) is 5.11 Å². The van der Waals surface area contributed by atoms with Crippen LogP contribution in [0.4, 0.5) is 5.69 Å². The van der Waals surface area contributed by atoms with E-state index in [1.165, 1.54) is 0 Å². The molecule has 0 saturated carbocycles. The minimum atomic E-state index is -0.816. The molecule has 7 heteroatoms. The second kappa shape index (κ2) is 7.37. The lowest BCUT2D eigenvalue weighted by Gasteiger charge is -2.23. The molecule has 112 valence electrons. The first-order valence-corrected chi connectivity index (χ1v) is 6.97. The van der Waals surface area contributed by atoms with Gasteiger partial charge in [-0.05, 0) is 29.0 Å². The summed E-state index contributed by atoms with van der Waals surface area (Å²) in [7, 11) is 0. The maximum Gasteiger partial charge on any atom is 0.305 e. The number of anilines is 1. The summed E-state index contributed by atoms with van der Waals surface area (Å²) in [4.78, 5) is 12.8. The summed E-state index contributed by atoms with van der Waals surface area (Å²) in [5.41, 5.74) is 0.963. The fourth-order valence-electron chi connectivity index (χ4n) is 2.06. The first-order valence-electron chi connectivity index (χ1n) is 6.97. The highest BCUT2D eigenvalue weighted by atomic mass is 16.4. The molecule has 0 spiro atoms. The largest absolute Gasteiger partial charge is 0.481 e. The monoisotopic (exact) mass is 289 g/mol. The number of carboxylic acids is 1. The number of carboxylic acid groups (broad SMARTS) is 1. The van der Waals surface area contributed by atoms with Crippen LogP contribution in [0.5, 0.6) is 0 Å². The Kier molecular flexibility index (Phi) is 5.25. The molecule has 0 saturated heterocycles. The molecule has 0 aliphatic heterocycles. The van der Waals surface area contributed by atoms with Gasteiger partial charge in [-0.3, -0.25) is 4.79 Å². The maximum atomic E-state index is 10.8. The number of hydrogen-bond acceptors (Lipinski definition) is 5. The van der Waals surface area contributed by atoms with Gasteiger partial charge in [0.25, 0.3) is 0 Å². The van der Waals surface area contributed by atoms with Gasteiger partial charge in [-0.25, -0.2) is 4.68 Å². The quantitative estimate of drug-likeness (QED) is 0.794. The molecule has 0 bridgehead atoms. The Labute approximate surface area is 123 Å². The van der Waals surface area contributed by atoms with Gasteiger partial charge in [0.15, 0.2) is 5.82 Å². The normalized spacial score (nSPS) is 10.5. The molecule has 2 aromatic rings. The van der Waals surface area contributed by atoms with E-state index in [1.807, 2.05) is 35.2 Å². The van der Waals surface area contributed by atoms with E-state index in [0.29, 0.717) is 13.1 Å². The molecule has 0 fully saturated rings. The van der Waals surface area contributed by atoms with Crippen LogP contribution in [0.1, 0.15) is 25.6 Å². The standard InChI is InChI=1S/C14H19N5O2/c1-2-9-19-13(15-16-17-19)11-18(10-8-14(20)21)12-6-4-3-5-7-12/h3-7H,2,8-11H2,1H3,(H,20,21). The summed E-state index contributed by atoms with van der Waals surface area (Å²) < 4.78 is 1.76. The third-order valence-corrected chi connectivity index (χ3v) is 3.09. The van der Waals surface area contributed by atoms with E-state index in [1.54, 1.807) is 4.68 Å². The molecule has 0 aliphatic rings. The Hall–Kier alpha value is -2.44. The Bertz CT molecular complexity index is 570. The number of aryl methyl sites for hydroxylation is 1. The lowest BCUT2D eigenvalue weighted by molar-refractivity contribution is -0.136. The van der Waals surface area contributed by atoms with Crippen LogP contribution in [0.25, 0.3) is 0 Å². The van der Waals surface area contributed by atoms with E-state index in [0.717, 1.165) is 24.5 Å². The molecule has 1 heterocycles. The van der Waals surface area contributed by atoms with Crippen LogP contribution in [0.2, 0.25) is 0 Å². The highest BCUT2D eigenvalue weighted by Crippen LogP contribution is 2.16. The van der Waals surface area contributed by atoms with Crippen molar-refractivity contribution < 1.29 is 9.90 Å². The first-order chi connectivity index (χ1) is 10.2. The van der Waals surface area contributed by atoms with Gasteiger partial charge in [0.05, 0.1) is 13.0 Å². The Morgan fingerprint density at radius 3 is 2.76 bits per heavy atom. The lowest BCUT2D eigenvalue weighted by atomic mass is 10.2. The summed E-state index contributed by atoms with van der Waals surface area (Å²) in [5, 5.41) is 20.6. The van der Waals surface area contributed by atoms with Gasteiger partial charge in [-0.2, -0.15) is 0 Å². The van der Waals surface area contributed by atoms with Crippen LogP contribution in [0.15, 0.2) is 30.3 Å². The van der Waals surface area contributed by atoms with E-state index >= 15 is 0 Å². The fourth-order valence-corrected chi connectivity index (χ4v) is 2.06. The Morgan fingerprint density at radius 1 is 1.33 bits per heavy atom. The van der Waals surface area contributed by atoms with Crippen molar-refractivity contribution in [1.82, 2.24) is 20.2 Å². The molecule has 0 aliphatic carbocycles. The molecule has 2 rings (SSSR count). The number of aromatic nitrogens is 4. The minimum Gasteiger partial charge on any atom is -0.481 e. The fraction of sp³-hybridized carbons (Fsp3) is 0.429. The maximum absolute atomic E-state index is 10.8. The SMILES string of the molecule is CCCn1nnnc1CN(CCC(=O)O)c1ccccc1. The van der Waals surface area contributed by atoms with Crippen molar-refractivity contribution in [3.63, 3.8) is 0 Å². The molecular formula is C14H19N5O2. The lowest BCUT2D eigenvalue weighted by Crippen LogP contribution is -2.27. The van der Waals surface area contributed by atoms with Gasteiger partial charge in [0, 0.05) is 18.8 Å². The van der Waals surface area contributed by atoms with E-state index in [9.17, 15) is 4.79 Å². The average molecular weight is 289 g/mol. The minimum absolute atomic E-state index is 0.0736. The van der Waals surface area contributed by atoms with Crippen LogP contribution in [0, 0.1) is 0 Å². The third-order valence-electron chi connectivity index (χ3n) is 3.09. The predicted octanol–water partition coefficient (Wildman–Crippen LogP) is 1.56. The molecule has 1 aromatic carbocycles. The van der Waals surface area contributed by atoms with Crippen LogP contribution in [-0.2, 0) is 17.9 Å². The second-order valence-corrected chi connectivity index (χ2v) is 4.72. The topological polar surface area (TPSA) is 84.1 Å². The van der Waals surface area contributed by atoms with Crippen molar-refractivity contribution in [3.05, 3.63) is 36.2 Å². The average Bonchev–Trinajstić information content (AvgIpc) is 2.92. The zero-order chi connectivity index (χ0) is 15.1. The zero-order valence-electron chi connectivity index (χ0n) is 12.0. The van der Waals surface area contributed by atoms with Crippen molar-refractivity contribution in [2.24, 2.45) is 0 Å². The number of aliphatic carboxylic acids is 1. The highest BCUT2D eigenvalue weighted by Gasteiger charge is 2.13. The van der Waals surface area contributed by atoms with Gasteiger partial charge in [-0.1, -0.05) is 25.1 Å². The number of para-hydroxylation sites is 1. The Morgan fingerprint density at radius 2 is 2.10 bits per heavy atom. The van der Waals surface area contributed by atoms with Crippen molar-refractivity contribution in [3.8, 4) is 0 Å². The van der Waals surface area contributed by atoms with Gasteiger partial charge >= 0.3 is 5.97 Å². The zero-order valence-corrected chi connectivity index (χ0v) is 12.0. The predicted molar refractivity (Wildman–Crippen MR) is 77.9 cm³/mol. The summed E-state index contributed by atoms with van der Waals surface area (Å²) in [5.74, 6) is -0.0739. The number of tetrazole rings is 1. The number of rotatable bonds is 8. The first kappa shape index (κ1) is 15.0. The molecule has 0 unspecified atom stereocenters. The summed E-state index contributed by atoms with van der Waals surface area (Å²) in [6.07, 6.45) is 1.02. The van der Waals surface area contributed by atoms with Crippen LogP contribution >= 0.6 is 0 Å². The number of nitrogens with zero attached hydrogens (tertiary/aromatic N) is 5. The van der Waals surface area contributed by atoms with E-state index in [2.05, 4.69) is 22.4 Å². The number of hydrogen-bond donors (Lipinski definition) is 1.